The monoisotopic (exact) mass is 264 g/mol. The van der Waals surface area contributed by atoms with Gasteiger partial charge in [-0.25, -0.2) is 0 Å². The highest BCUT2D eigenvalue weighted by Gasteiger charge is 2.20. The fourth-order valence-electron chi connectivity index (χ4n) is 1.80. The summed E-state index contributed by atoms with van der Waals surface area (Å²) in [6, 6.07) is 9.32. The number of benzene rings is 1. The van der Waals surface area contributed by atoms with Gasteiger partial charge in [-0.1, -0.05) is 22.0 Å². The number of H-pyrrole nitrogens is 1. The molecule has 0 saturated heterocycles. The van der Waals surface area contributed by atoms with Gasteiger partial charge in [-0.2, -0.15) is 0 Å². The van der Waals surface area contributed by atoms with E-state index in [4.69, 9.17) is 0 Å². The SMILES string of the molecule is Brc1ccc2cc(CNC3CC3)[nH]c2c1. The van der Waals surface area contributed by atoms with Gasteiger partial charge in [0, 0.05) is 28.3 Å². The summed E-state index contributed by atoms with van der Waals surface area (Å²) >= 11 is 3.48. The summed E-state index contributed by atoms with van der Waals surface area (Å²) in [5.74, 6) is 0. The molecule has 0 atom stereocenters. The van der Waals surface area contributed by atoms with Crippen molar-refractivity contribution >= 4 is 26.8 Å². The Kier molecular flexibility index (Phi) is 2.29. The van der Waals surface area contributed by atoms with E-state index >= 15 is 0 Å². The van der Waals surface area contributed by atoms with Crippen molar-refractivity contribution in [3.05, 3.63) is 34.4 Å². The topological polar surface area (TPSA) is 27.8 Å². The molecule has 2 aromatic rings. The number of fused-ring (bicyclic) bond motifs is 1. The summed E-state index contributed by atoms with van der Waals surface area (Å²) in [4.78, 5) is 3.43. The molecule has 0 radical (unpaired) electrons. The second kappa shape index (κ2) is 3.65. The van der Waals surface area contributed by atoms with Crippen LogP contribution in [0.2, 0.25) is 0 Å². The van der Waals surface area contributed by atoms with Crippen molar-refractivity contribution in [2.24, 2.45) is 0 Å². The van der Waals surface area contributed by atoms with E-state index in [2.05, 4.69) is 50.5 Å². The molecular formula is C12H13BrN2. The zero-order valence-electron chi connectivity index (χ0n) is 8.39. The van der Waals surface area contributed by atoms with Crippen LogP contribution in [-0.2, 0) is 6.54 Å². The van der Waals surface area contributed by atoms with Crippen LogP contribution < -0.4 is 5.32 Å². The van der Waals surface area contributed by atoms with Crippen LogP contribution in [0.25, 0.3) is 10.9 Å². The summed E-state index contributed by atoms with van der Waals surface area (Å²) in [7, 11) is 0. The van der Waals surface area contributed by atoms with Gasteiger partial charge in [-0.05, 0) is 36.4 Å². The lowest BCUT2D eigenvalue weighted by Gasteiger charge is -1.98. The van der Waals surface area contributed by atoms with Crippen molar-refractivity contribution < 1.29 is 0 Å². The molecule has 1 heterocycles. The molecule has 1 fully saturated rings. The molecule has 3 heteroatoms. The van der Waals surface area contributed by atoms with Crippen molar-refractivity contribution in [3.63, 3.8) is 0 Å². The molecular weight excluding hydrogens is 252 g/mol. The van der Waals surface area contributed by atoms with E-state index in [1.165, 1.54) is 29.4 Å². The summed E-state index contributed by atoms with van der Waals surface area (Å²) in [5, 5.41) is 4.79. The lowest BCUT2D eigenvalue weighted by Crippen LogP contribution is -2.15. The second-order valence-electron chi connectivity index (χ2n) is 4.18. The molecule has 0 spiro atoms. The van der Waals surface area contributed by atoms with Crippen molar-refractivity contribution in [2.75, 3.05) is 0 Å². The second-order valence-corrected chi connectivity index (χ2v) is 5.10. The Bertz CT molecular complexity index is 485. The van der Waals surface area contributed by atoms with Crippen LogP contribution in [0, 0.1) is 0 Å². The van der Waals surface area contributed by atoms with Crippen LogP contribution in [-0.4, -0.2) is 11.0 Å². The normalized spacial score (nSPS) is 16.1. The molecule has 2 nitrogen and oxygen atoms in total. The molecule has 1 aromatic carbocycles. The third kappa shape index (κ3) is 2.08. The van der Waals surface area contributed by atoms with Gasteiger partial charge in [0.05, 0.1) is 0 Å². The third-order valence-electron chi connectivity index (χ3n) is 2.80. The molecule has 2 N–H and O–H groups in total. The highest BCUT2D eigenvalue weighted by Crippen LogP contribution is 2.22. The summed E-state index contributed by atoms with van der Waals surface area (Å²) < 4.78 is 1.12. The number of aromatic amines is 1. The highest BCUT2D eigenvalue weighted by molar-refractivity contribution is 9.10. The van der Waals surface area contributed by atoms with E-state index in [1.807, 2.05) is 0 Å². The van der Waals surface area contributed by atoms with Crippen LogP contribution in [0.1, 0.15) is 18.5 Å². The van der Waals surface area contributed by atoms with Crippen LogP contribution >= 0.6 is 15.9 Å². The van der Waals surface area contributed by atoms with Crippen molar-refractivity contribution in [1.82, 2.24) is 10.3 Å². The first-order valence-corrected chi connectivity index (χ1v) is 6.11. The number of aromatic nitrogens is 1. The zero-order chi connectivity index (χ0) is 10.3. The van der Waals surface area contributed by atoms with Crippen molar-refractivity contribution in [3.8, 4) is 0 Å². The minimum Gasteiger partial charge on any atom is -0.357 e. The first-order valence-electron chi connectivity index (χ1n) is 5.32. The molecule has 0 amide bonds. The van der Waals surface area contributed by atoms with Gasteiger partial charge in [0.25, 0.3) is 0 Å². The molecule has 0 bridgehead atoms. The fraction of sp³-hybridized carbons (Fsp3) is 0.333. The average Bonchev–Trinajstić information content (AvgIpc) is 2.95. The number of nitrogens with one attached hydrogen (secondary N) is 2. The van der Waals surface area contributed by atoms with Gasteiger partial charge in [0.15, 0.2) is 0 Å². The Labute approximate surface area is 97.2 Å². The molecule has 78 valence electrons. The standard InChI is InChI=1S/C12H13BrN2/c13-9-2-1-8-5-11(15-12(8)6-9)7-14-10-3-4-10/h1-2,5-6,10,14-15H,3-4,7H2. The lowest BCUT2D eigenvalue weighted by molar-refractivity contribution is 0.678. The predicted molar refractivity (Wildman–Crippen MR) is 65.9 cm³/mol. The molecule has 1 aliphatic rings. The van der Waals surface area contributed by atoms with E-state index in [1.54, 1.807) is 0 Å². The number of halogens is 1. The summed E-state index contributed by atoms with van der Waals surface area (Å²) in [6.45, 7) is 0.955. The maximum absolute atomic E-state index is 3.51. The summed E-state index contributed by atoms with van der Waals surface area (Å²) in [5.41, 5.74) is 2.48. The third-order valence-corrected chi connectivity index (χ3v) is 3.29. The van der Waals surface area contributed by atoms with E-state index in [-0.39, 0.29) is 0 Å². The lowest BCUT2D eigenvalue weighted by atomic mass is 10.2. The van der Waals surface area contributed by atoms with Gasteiger partial charge < -0.3 is 10.3 Å². The minimum atomic E-state index is 0.767. The molecule has 15 heavy (non-hydrogen) atoms. The van der Waals surface area contributed by atoms with Gasteiger partial charge >= 0.3 is 0 Å². The quantitative estimate of drug-likeness (QED) is 0.876. The van der Waals surface area contributed by atoms with Crippen molar-refractivity contribution in [2.45, 2.75) is 25.4 Å². The van der Waals surface area contributed by atoms with Gasteiger partial charge in [0.2, 0.25) is 0 Å². The molecule has 1 saturated carbocycles. The van der Waals surface area contributed by atoms with Crippen molar-refractivity contribution in [1.29, 1.82) is 0 Å². The smallest absolute Gasteiger partial charge is 0.0467 e. The van der Waals surface area contributed by atoms with Crippen LogP contribution in [0.15, 0.2) is 28.7 Å². The Morgan fingerprint density at radius 2 is 2.20 bits per heavy atom. The van der Waals surface area contributed by atoms with E-state index in [0.29, 0.717) is 0 Å². The Morgan fingerprint density at radius 3 is 3.00 bits per heavy atom. The first kappa shape index (κ1) is 9.43. The van der Waals surface area contributed by atoms with Gasteiger partial charge in [0.1, 0.15) is 0 Å². The maximum atomic E-state index is 3.51. The predicted octanol–water partition coefficient (Wildman–Crippen LogP) is 3.18. The highest BCUT2D eigenvalue weighted by atomic mass is 79.9. The number of hydrogen-bond acceptors (Lipinski definition) is 1. The van der Waals surface area contributed by atoms with E-state index in [9.17, 15) is 0 Å². The molecule has 3 rings (SSSR count). The Morgan fingerprint density at radius 1 is 1.33 bits per heavy atom. The number of hydrogen-bond donors (Lipinski definition) is 2. The molecule has 0 aliphatic heterocycles. The van der Waals surface area contributed by atoms with Crippen LogP contribution in [0.4, 0.5) is 0 Å². The summed E-state index contributed by atoms with van der Waals surface area (Å²) in [6.07, 6.45) is 2.68. The molecule has 1 aromatic heterocycles. The minimum absolute atomic E-state index is 0.767. The van der Waals surface area contributed by atoms with Gasteiger partial charge in [-0.15, -0.1) is 0 Å². The number of rotatable bonds is 3. The van der Waals surface area contributed by atoms with E-state index in [0.717, 1.165) is 17.1 Å². The first-order chi connectivity index (χ1) is 7.31. The zero-order valence-corrected chi connectivity index (χ0v) is 9.97. The molecule has 1 aliphatic carbocycles. The van der Waals surface area contributed by atoms with Gasteiger partial charge in [-0.3, -0.25) is 0 Å². The van der Waals surface area contributed by atoms with E-state index < -0.39 is 0 Å². The maximum Gasteiger partial charge on any atom is 0.0467 e. The molecule has 0 unspecified atom stereocenters. The Balaban J connectivity index is 1.84. The van der Waals surface area contributed by atoms with Crippen LogP contribution in [0.3, 0.4) is 0 Å². The Hall–Kier alpha value is -0.800. The fourth-order valence-corrected chi connectivity index (χ4v) is 2.16. The average molecular weight is 265 g/mol. The largest absolute Gasteiger partial charge is 0.357 e. The van der Waals surface area contributed by atoms with Crippen LogP contribution in [0.5, 0.6) is 0 Å².